The van der Waals surface area contributed by atoms with E-state index in [9.17, 15) is 23.7 Å². The molecule has 0 aliphatic heterocycles. The number of benzene rings is 2. The first-order valence-corrected chi connectivity index (χ1v) is 8.75. The van der Waals surface area contributed by atoms with Crippen molar-refractivity contribution in [3.63, 3.8) is 0 Å². The number of anilines is 1. The minimum absolute atomic E-state index is 0.0897. The Kier molecular flexibility index (Phi) is 5.59. The van der Waals surface area contributed by atoms with Crippen LogP contribution in [0.15, 0.2) is 42.5 Å². The molecule has 0 saturated heterocycles. The summed E-state index contributed by atoms with van der Waals surface area (Å²) in [7, 11) is 0. The molecule has 28 heavy (non-hydrogen) atoms. The Balaban J connectivity index is 1.70. The molecule has 0 fully saturated rings. The van der Waals surface area contributed by atoms with Crippen LogP contribution in [0.3, 0.4) is 0 Å². The van der Waals surface area contributed by atoms with Crippen molar-refractivity contribution in [1.82, 2.24) is 4.98 Å². The molecule has 0 saturated carbocycles. The number of carbonyl (C=O) groups excluding carboxylic acids is 1. The zero-order valence-corrected chi connectivity index (χ0v) is 15.3. The third kappa shape index (κ3) is 4.46. The first-order chi connectivity index (χ1) is 13.3. The minimum atomic E-state index is -0.989. The van der Waals surface area contributed by atoms with Gasteiger partial charge in [0.1, 0.15) is 28.1 Å². The number of aryl methyl sites for hydroxylation is 1. The molecule has 3 aromatic rings. The average molecular weight is 405 g/mol. The van der Waals surface area contributed by atoms with Gasteiger partial charge in [-0.05, 0) is 43.3 Å². The van der Waals surface area contributed by atoms with E-state index in [0.717, 1.165) is 23.5 Å². The van der Waals surface area contributed by atoms with Crippen LogP contribution in [0.2, 0.25) is 0 Å². The lowest BCUT2D eigenvalue weighted by Crippen LogP contribution is -2.11. The second-order valence-corrected chi connectivity index (χ2v) is 6.73. The van der Waals surface area contributed by atoms with E-state index in [1.165, 1.54) is 30.3 Å². The first kappa shape index (κ1) is 19.4. The number of amides is 1. The van der Waals surface area contributed by atoms with E-state index in [-0.39, 0.29) is 18.1 Å². The molecule has 1 amide bonds. The van der Waals surface area contributed by atoms with Gasteiger partial charge in [-0.1, -0.05) is 0 Å². The van der Waals surface area contributed by atoms with Gasteiger partial charge >= 0.3 is 5.69 Å². The summed E-state index contributed by atoms with van der Waals surface area (Å²) < 4.78 is 31.8. The lowest BCUT2D eigenvalue weighted by atomic mass is 10.2. The highest BCUT2D eigenvalue weighted by atomic mass is 32.1. The second-order valence-electron chi connectivity index (χ2n) is 5.64. The largest absolute Gasteiger partial charge is 0.486 e. The van der Waals surface area contributed by atoms with E-state index < -0.39 is 22.3 Å². The molecule has 1 heterocycles. The van der Waals surface area contributed by atoms with Crippen LogP contribution in [0.4, 0.5) is 20.2 Å². The predicted molar refractivity (Wildman–Crippen MR) is 98.6 cm³/mol. The fourth-order valence-corrected chi connectivity index (χ4v) is 3.19. The molecule has 0 unspecified atom stereocenters. The van der Waals surface area contributed by atoms with Gasteiger partial charge in [-0.15, -0.1) is 11.3 Å². The van der Waals surface area contributed by atoms with Crippen molar-refractivity contribution in [2.24, 2.45) is 0 Å². The molecule has 0 radical (unpaired) electrons. The Bertz CT molecular complexity index is 1040. The normalized spacial score (nSPS) is 10.5. The molecule has 0 aliphatic rings. The van der Waals surface area contributed by atoms with Crippen LogP contribution < -0.4 is 10.1 Å². The number of nitrogens with zero attached hydrogens (tertiary/aromatic N) is 2. The molecule has 1 aromatic heterocycles. The van der Waals surface area contributed by atoms with Crippen LogP contribution >= 0.6 is 11.3 Å². The predicted octanol–water partition coefficient (Wildman–Crippen LogP) is 4.47. The molecular formula is C18H13F2N3O4S. The summed E-state index contributed by atoms with van der Waals surface area (Å²) >= 11 is 1.09. The summed E-state index contributed by atoms with van der Waals surface area (Å²) in [6, 6.07) is 8.58. The summed E-state index contributed by atoms with van der Waals surface area (Å²) in [4.78, 5) is 26.9. The highest BCUT2D eigenvalue weighted by molar-refractivity contribution is 7.13. The van der Waals surface area contributed by atoms with E-state index in [1.807, 2.05) is 0 Å². The number of nitro groups is 1. The number of nitro benzene ring substituents is 1. The average Bonchev–Trinajstić information content (AvgIpc) is 3.03. The molecule has 0 aliphatic carbocycles. The molecule has 3 rings (SSSR count). The van der Waals surface area contributed by atoms with E-state index in [1.54, 1.807) is 6.92 Å². The third-order valence-electron chi connectivity index (χ3n) is 3.62. The summed E-state index contributed by atoms with van der Waals surface area (Å²) in [5, 5.41) is 13.8. The Morgan fingerprint density at radius 2 is 1.96 bits per heavy atom. The van der Waals surface area contributed by atoms with Crippen molar-refractivity contribution in [2.75, 3.05) is 5.32 Å². The highest BCUT2D eigenvalue weighted by Crippen LogP contribution is 2.25. The van der Waals surface area contributed by atoms with Gasteiger partial charge in [0.2, 0.25) is 5.82 Å². The van der Waals surface area contributed by atoms with E-state index in [0.29, 0.717) is 21.3 Å². The van der Waals surface area contributed by atoms with Crippen LogP contribution in [-0.4, -0.2) is 15.8 Å². The number of hydrogen-bond donors (Lipinski definition) is 1. The monoisotopic (exact) mass is 405 g/mol. The van der Waals surface area contributed by atoms with Gasteiger partial charge in [0.05, 0.1) is 10.6 Å². The number of hydrogen-bond acceptors (Lipinski definition) is 6. The Labute approximate surface area is 161 Å². The van der Waals surface area contributed by atoms with Crippen LogP contribution in [0.1, 0.15) is 20.4 Å². The van der Waals surface area contributed by atoms with Gasteiger partial charge in [0.25, 0.3) is 5.91 Å². The van der Waals surface area contributed by atoms with Crippen LogP contribution in [0.5, 0.6) is 5.75 Å². The number of aromatic nitrogens is 1. The van der Waals surface area contributed by atoms with Crippen molar-refractivity contribution in [3.05, 3.63) is 79.8 Å². The minimum Gasteiger partial charge on any atom is -0.486 e. The van der Waals surface area contributed by atoms with Crippen LogP contribution in [-0.2, 0) is 6.61 Å². The van der Waals surface area contributed by atoms with Gasteiger partial charge in [0.15, 0.2) is 0 Å². The Morgan fingerprint density at radius 3 is 2.64 bits per heavy atom. The van der Waals surface area contributed by atoms with Gasteiger partial charge in [-0.25, -0.2) is 9.37 Å². The summed E-state index contributed by atoms with van der Waals surface area (Å²) in [5.41, 5.74) is -0.181. The molecule has 144 valence electrons. The zero-order chi connectivity index (χ0) is 20.3. The fraction of sp³-hybridized carbons (Fsp3) is 0.111. The number of nitrogens with one attached hydrogen (secondary N) is 1. The Morgan fingerprint density at radius 1 is 1.25 bits per heavy atom. The summed E-state index contributed by atoms with van der Waals surface area (Å²) in [6.45, 7) is 1.73. The smallest absolute Gasteiger partial charge is 0.306 e. The third-order valence-corrected chi connectivity index (χ3v) is 4.75. The molecular weight excluding hydrogens is 392 g/mol. The molecule has 0 atom stereocenters. The standard InChI is InChI=1S/C18H13F2N3O4S/c1-10-17(18(24)22-12-4-7-14(20)15(8-12)23(25)26)28-16(21-10)9-27-13-5-2-11(19)3-6-13/h2-8H,9H2,1H3,(H,22,24). The molecule has 10 heteroatoms. The number of ether oxygens (including phenoxy) is 1. The van der Waals surface area contributed by atoms with Crippen LogP contribution in [0.25, 0.3) is 0 Å². The van der Waals surface area contributed by atoms with Crippen LogP contribution in [0, 0.1) is 28.7 Å². The molecule has 0 bridgehead atoms. The van der Waals surface area contributed by atoms with Gasteiger partial charge in [-0.2, -0.15) is 4.39 Å². The number of rotatable bonds is 6. The van der Waals surface area contributed by atoms with Gasteiger partial charge < -0.3 is 10.1 Å². The molecule has 7 nitrogen and oxygen atoms in total. The highest BCUT2D eigenvalue weighted by Gasteiger charge is 2.19. The van der Waals surface area contributed by atoms with E-state index in [4.69, 9.17) is 4.74 Å². The van der Waals surface area contributed by atoms with Gasteiger partial charge in [0, 0.05) is 11.8 Å². The number of carbonyl (C=O) groups is 1. The summed E-state index contributed by atoms with van der Waals surface area (Å²) in [6.07, 6.45) is 0. The lowest BCUT2D eigenvalue weighted by molar-refractivity contribution is -0.387. The molecule has 2 aromatic carbocycles. The van der Waals surface area contributed by atoms with Crippen molar-refractivity contribution in [2.45, 2.75) is 13.5 Å². The van der Waals surface area contributed by atoms with Crippen molar-refractivity contribution in [1.29, 1.82) is 0 Å². The maximum Gasteiger partial charge on any atom is 0.306 e. The maximum absolute atomic E-state index is 13.4. The maximum atomic E-state index is 13.4. The van der Waals surface area contributed by atoms with Crippen molar-refractivity contribution < 1.29 is 23.2 Å². The van der Waals surface area contributed by atoms with E-state index >= 15 is 0 Å². The number of halogens is 2. The lowest BCUT2D eigenvalue weighted by Gasteiger charge is -2.04. The fourth-order valence-electron chi connectivity index (χ4n) is 2.32. The summed E-state index contributed by atoms with van der Waals surface area (Å²) in [5.74, 6) is -1.43. The first-order valence-electron chi connectivity index (χ1n) is 7.93. The Hall–Kier alpha value is -3.40. The quantitative estimate of drug-likeness (QED) is 0.482. The zero-order valence-electron chi connectivity index (χ0n) is 14.4. The van der Waals surface area contributed by atoms with Gasteiger partial charge in [-0.3, -0.25) is 14.9 Å². The van der Waals surface area contributed by atoms with Crippen molar-refractivity contribution >= 4 is 28.6 Å². The second kappa shape index (κ2) is 8.09. The topological polar surface area (TPSA) is 94.4 Å². The molecule has 0 spiro atoms. The SMILES string of the molecule is Cc1nc(COc2ccc(F)cc2)sc1C(=O)Nc1ccc(F)c([N+](=O)[O-])c1. The number of thiazole rings is 1. The molecule has 1 N–H and O–H groups in total. The van der Waals surface area contributed by atoms with E-state index in [2.05, 4.69) is 10.3 Å². The van der Waals surface area contributed by atoms with Crippen molar-refractivity contribution in [3.8, 4) is 5.75 Å².